The molecule has 0 aromatic carbocycles. The normalized spacial score (nSPS) is 27.7. The van der Waals surface area contributed by atoms with E-state index in [9.17, 15) is 4.79 Å². The molecule has 1 amide bonds. The standard InChI is InChI=1S/C19H37N3O4/c1-16-12-21(13-17(2)26-16)14-18-6-4-8-22(18)15-19(23)20-7-5-9-25-11-10-24-3/h16-18H,4-15H2,1-3H3,(H,20,23). The number of nitrogens with zero attached hydrogens (tertiary/aromatic N) is 2. The maximum absolute atomic E-state index is 12.2. The second kappa shape index (κ2) is 11.9. The predicted molar refractivity (Wildman–Crippen MR) is 101 cm³/mol. The molecule has 0 spiro atoms. The molecule has 2 aliphatic heterocycles. The lowest BCUT2D eigenvalue weighted by Crippen LogP contribution is -2.51. The van der Waals surface area contributed by atoms with E-state index in [4.69, 9.17) is 14.2 Å². The summed E-state index contributed by atoms with van der Waals surface area (Å²) in [6.07, 6.45) is 3.79. The Morgan fingerprint density at radius 1 is 1.19 bits per heavy atom. The van der Waals surface area contributed by atoms with Crippen molar-refractivity contribution >= 4 is 5.91 Å². The molecule has 2 fully saturated rings. The number of nitrogens with one attached hydrogen (secondary N) is 1. The van der Waals surface area contributed by atoms with Crippen LogP contribution < -0.4 is 5.32 Å². The van der Waals surface area contributed by atoms with Gasteiger partial charge >= 0.3 is 0 Å². The first-order valence-corrected chi connectivity index (χ1v) is 10.0. The van der Waals surface area contributed by atoms with Crippen molar-refractivity contribution in [3.63, 3.8) is 0 Å². The van der Waals surface area contributed by atoms with Crippen LogP contribution in [0.15, 0.2) is 0 Å². The number of ether oxygens (including phenoxy) is 3. The second-order valence-corrected chi connectivity index (χ2v) is 7.55. The molecule has 26 heavy (non-hydrogen) atoms. The summed E-state index contributed by atoms with van der Waals surface area (Å²) in [7, 11) is 1.66. The van der Waals surface area contributed by atoms with Gasteiger partial charge in [-0.15, -0.1) is 0 Å². The fraction of sp³-hybridized carbons (Fsp3) is 0.947. The zero-order valence-corrected chi connectivity index (χ0v) is 16.7. The number of methoxy groups -OCH3 is 1. The van der Waals surface area contributed by atoms with Crippen molar-refractivity contribution in [3.8, 4) is 0 Å². The Morgan fingerprint density at radius 2 is 1.96 bits per heavy atom. The summed E-state index contributed by atoms with van der Waals surface area (Å²) in [6, 6.07) is 0.482. The van der Waals surface area contributed by atoms with E-state index < -0.39 is 0 Å². The molecule has 0 aromatic rings. The third-order valence-electron chi connectivity index (χ3n) is 5.03. The average molecular weight is 372 g/mol. The number of morpholine rings is 1. The van der Waals surface area contributed by atoms with Gasteiger partial charge in [-0.25, -0.2) is 0 Å². The van der Waals surface area contributed by atoms with Gasteiger partial charge in [0.1, 0.15) is 0 Å². The second-order valence-electron chi connectivity index (χ2n) is 7.55. The molecule has 2 saturated heterocycles. The largest absolute Gasteiger partial charge is 0.382 e. The van der Waals surface area contributed by atoms with Crippen molar-refractivity contribution in [2.45, 2.75) is 51.4 Å². The van der Waals surface area contributed by atoms with Gasteiger partial charge in [0.25, 0.3) is 0 Å². The lowest BCUT2D eigenvalue weighted by Gasteiger charge is -2.38. The minimum atomic E-state index is 0.123. The van der Waals surface area contributed by atoms with Crippen LogP contribution in [0.2, 0.25) is 0 Å². The van der Waals surface area contributed by atoms with Gasteiger partial charge in [-0.1, -0.05) is 0 Å². The van der Waals surface area contributed by atoms with Gasteiger partial charge in [0.15, 0.2) is 0 Å². The zero-order valence-electron chi connectivity index (χ0n) is 16.7. The van der Waals surface area contributed by atoms with Crippen LogP contribution in [-0.4, -0.2) is 100 Å². The Balaban J connectivity index is 1.62. The Kier molecular flexibility index (Phi) is 9.85. The van der Waals surface area contributed by atoms with Crippen LogP contribution in [0.4, 0.5) is 0 Å². The maximum Gasteiger partial charge on any atom is 0.234 e. The van der Waals surface area contributed by atoms with Gasteiger partial charge in [0, 0.05) is 45.9 Å². The smallest absolute Gasteiger partial charge is 0.234 e. The number of hydrogen-bond acceptors (Lipinski definition) is 6. The van der Waals surface area contributed by atoms with E-state index >= 15 is 0 Å². The topological polar surface area (TPSA) is 63.3 Å². The number of carbonyl (C=O) groups is 1. The Hall–Kier alpha value is -0.730. The van der Waals surface area contributed by atoms with Gasteiger partial charge in [-0.2, -0.15) is 0 Å². The molecule has 0 aliphatic carbocycles. The highest BCUT2D eigenvalue weighted by Crippen LogP contribution is 2.20. The highest BCUT2D eigenvalue weighted by atomic mass is 16.5. The third-order valence-corrected chi connectivity index (χ3v) is 5.03. The van der Waals surface area contributed by atoms with Crippen molar-refractivity contribution in [2.24, 2.45) is 0 Å². The molecule has 3 atom stereocenters. The van der Waals surface area contributed by atoms with Crippen LogP contribution in [0.3, 0.4) is 0 Å². The van der Waals surface area contributed by atoms with Crippen LogP contribution in [-0.2, 0) is 19.0 Å². The molecule has 0 radical (unpaired) electrons. The first-order chi connectivity index (χ1) is 12.6. The summed E-state index contributed by atoms with van der Waals surface area (Å²) in [4.78, 5) is 17.1. The first-order valence-electron chi connectivity index (χ1n) is 10.0. The van der Waals surface area contributed by atoms with E-state index in [-0.39, 0.29) is 5.91 Å². The lowest BCUT2D eigenvalue weighted by atomic mass is 10.1. The quantitative estimate of drug-likeness (QED) is 0.540. The van der Waals surface area contributed by atoms with Crippen molar-refractivity contribution in [3.05, 3.63) is 0 Å². The van der Waals surface area contributed by atoms with Gasteiger partial charge < -0.3 is 19.5 Å². The van der Waals surface area contributed by atoms with Crippen LogP contribution >= 0.6 is 0 Å². The predicted octanol–water partition coefficient (Wildman–Crippen LogP) is 0.729. The lowest BCUT2D eigenvalue weighted by molar-refractivity contribution is -0.122. The molecule has 2 heterocycles. The van der Waals surface area contributed by atoms with E-state index in [0.717, 1.165) is 32.6 Å². The molecule has 7 nitrogen and oxygen atoms in total. The number of rotatable bonds is 11. The zero-order chi connectivity index (χ0) is 18.8. The molecule has 0 saturated carbocycles. The summed E-state index contributed by atoms with van der Waals surface area (Å²) in [5.41, 5.74) is 0. The van der Waals surface area contributed by atoms with Gasteiger partial charge in [-0.3, -0.25) is 14.6 Å². The summed E-state index contributed by atoms with van der Waals surface area (Å²) in [5, 5.41) is 3.01. The van der Waals surface area contributed by atoms with Crippen LogP contribution in [0.5, 0.6) is 0 Å². The highest BCUT2D eigenvalue weighted by molar-refractivity contribution is 5.78. The molecule has 2 aliphatic rings. The molecule has 7 heteroatoms. The molecule has 0 bridgehead atoms. The van der Waals surface area contributed by atoms with Crippen molar-refractivity contribution in [1.29, 1.82) is 0 Å². The van der Waals surface area contributed by atoms with E-state index in [1.807, 2.05) is 0 Å². The molecule has 3 unspecified atom stereocenters. The van der Waals surface area contributed by atoms with Crippen LogP contribution in [0.1, 0.15) is 33.1 Å². The Morgan fingerprint density at radius 3 is 2.69 bits per heavy atom. The maximum atomic E-state index is 12.2. The number of hydrogen-bond donors (Lipinski definition) is 1. The number of amides is 1. The monoisotopic (exact) mass is 371 g/mol. The van der Waals surface area contributed by atoms with Crippen molar-refractivity contribution in [1.82, 2.24) is 15.1 Å². The Labute approximate surface area is 158 Å². The minimum absolute atomic E-state index is 0.123. The average Bonchev–Trinajstić information content (AvgIpc) is 3.00. The molecular weight excluding hydrogens is 334 g/mol. The summed E-state index contributed by atoms with van der Waals surface area (Å²) >= 11 is 0. The van der Waals surface area contributed by atoms with E-state index in [2.05, 4.69) is 29.0 Å². The van der Waals surface area contributed by atoms with Gasteiger partial charge in [0.2, 0.25) is 5.91 Å². The summed E-state index contributed by atoms with van der Waals surface area (Å²) in [5.74, 6) is 0.123. The molecular formula is C19H37N3O4. The number of likely N-dealkylation sites (tertiary alicyclic amines) is 1. The fourth-order valence-electron chi connectivity index (χ4n) is 3.93. The van der Waals surface area contributed by atoms with E-state index in [0.29, 0.717) is 51.2 Å². The minimum Gasteiger partial charge on any atom is -0.382 e. The first kappa shape index (κ1) is 21.6. The molecule has 152 valence electrons. The van der Waals surface area contributed by atoms with Gasteiger partial charge in [-0.05, 0) is 39.7 Å². The number of carbonyl (C=O) groups excluding carboxylic acids is 1. The van der Waals surface area contributed by atoms with E-state index in [1.165, 1.54) is 12.8 Å². The fourth-order valence-corrected chi connectivity index (χ4v) is 3.93. The van der Waals surface area contributed by atoms with Crippen molar-refractivity contribution in [2.75, 3.05) is 66.2 Å². The molecule has 0 aromatic heterocycles. The summed E-state index contributed by atoms with van der Waals surface area (Å²) < 4.78 is 16.2. The van der Waals surface area contributed by atoms with Gasteiger partial charge in [0.05, 0.1) is 32.0 Å². The SMILES string of the molecule is COCCOCCCNC(=O)CN1CCCC1CN1CC(C)OC(C)C1. The Bertz CT molecular complexity index is 400. The van der Waals surface area contributed by atoms with Crippen LogP contribution in [0, 0.1) is 0 Å². The summed E-state index contributed by atoms with van der Waals surface area (Å²) in [6.45, 7) is 11.4. The van der Waals surface area contributed by atoms with Crippen molar-refractivity contribution < 1.29 is 19.0 Å². The molecule has 2 rings (SSSR count). The molecule has 1 N–H and O–H groups in total. The highest BCUT2D eigenvalue weighted by Gasteiger charge is 2.30. The van der Waals surface area contributed by atoms with E-state index in [1.54, 1.807) is 7.11 Å². The third kappa shape index (κ3) is 7.88. The van der Waals surface area contributed by atoms with Crippen LogP contribution in [0.25, 0.3) is 0 Å².